The van der Waals surface area contributed by atoms with Crippen molar-refractivity contribution in [1.82, 2.24) is 4.98 Å². The van der Waals surface area contributed by atoms with Crippen LogP contribution in [0, 0.1) is 11.6 Å². The topological polar surface area (TPSA) is 44.9 Å². The molecular formula is C16H12F2N2O. The van der Waals surface area contributed by atoms with Gasteiger partial charge in [0.15, 0.2) is 0 Å². The molecule has 3 nitrogen and oxygen atoms in total. The van der Waals surface area contributed by atoms with E-state index in [-0.39, 0.29) is 17.9 Å². The molecule has 1 heterocycles. The zero-order valence-electron chi connectivity index (χ0n) is 11.0. The quantitative estimate of drug-likeness (QED) is 0.758. The predicted octanol–water partition coefficient (Wildman–Crippen LogP) is 3.63. The minimum absolute atomic E-state index is 0.144. The molecule has 0 spiro atoms. The van der Waals surface area contributed by atoms with Crippen LogP contribution in [0.15, 0.2) is 48.7 Å². The molecule has 0 unspecified atom stereocenters. The predicted molar refractivity (Wildman–Crippen MR) is 77.0 cm³/mol. The van der Waals surface area contributed by atoms with E-state index >= 15 is 0 Å². The standard InChI is InChI=1S/C16H12F2N2O/c17-12-3-1-11(14(18)8-12)7-16(21)20-13-4-2-10-5-6-19-15(10)9-13/h1-6,8-9,19H,7H2,(H,20,21). The number of aromatic amines is 1. The summed E-state index contributed by atoms with van der Waals surface area (Å²) >= 11 is 0. The lowest BCUT2D eigenvalue weighted by molar-refractivity contribution is -0.115. The second-order valence-electron chi connectivity index (χ2n) is 4.74. The molecule has 3 rings (SSSR count). The second kappa shape index (κ2) is 5.36. The third kappa shape index (κ3) is 2.91. The Morgan fingerprint density at radius 2 is 1.95 bits per heavy atom. The molecule has 0 bridgehead atoms. The first-order chi connectivity index (χ1) is 10.1. The lowest BCUT2D eigenvalue weighted by Crippen LogP contribution is -2.15. The van der Waals surface area contributed by atoms with Crippen LogP contribution in [0.25, 0.3) is 10.9 Å². The Kier molecular flexibility index (Phi) is 3.39. The SMILES string of the molecule is O=C(Cc1ccc(F)cc1F)Nc1ccc2cc[nH]c2c1. The molecule has 1 amide bonds. The van der Waals surface area contributed by atoms with Gasteiger partial charge in [0.25, 0.3) is 0 Å². The maximum absolute atomic E-state index is 13.5. The zero-order chi connectivity index (χ0) is 14.8. The van der Waals surface area contributed by atoms with Crippen molar-refractivity contribution >= 4 is 22.5 Å². The van der Waals surface area contributed by atoms with Gasteiger partial charge >= 0.3 is 0 Å². The largest absolute Gasteiger partial charge is 0.361 e. The Balaban J connectivity index is 1.73. The number of benzene rings is 2. The fourth-order valence-corrected chi connectivity index (χ4v) is 2.17. The fourth-order valence-electron chi connectivity index (χ4n) is 2.17. The third-order valence-corrected chi connectivity index (χ3v) is 3.20. The van der Waals surface area contributed by atoms with Gasteiger partial charge in [-0.1, -0.05) is 12.1 Å². The van der Waals surface area contributed by atoms with Crippen LogP contribution in [0.2, 0.25) is 0 Å². The van der Waals surface area contributed by atoms with Crippen LogP contribution in [0.1, 0.15) is 5.56 Å². The number of rotatable bonds is 3. The molecule has 0 saturated heterocycles. The number of fused-ring (bicyclic) bond motifs is 1. The van der Waals surface area contributed by atoms with E-state index in [9.17, 15) is 13.6 Å². The summed E-state index contributed by atoms with van der Waals surface area (Å²) < 4.78 is 26.3. The number of carbonyl (C=O) groups excluding carboxylic acids is 1. The van der Waals surface area contributed by atoms with Crippen molar-refractivity contribution in [3.8, 4) is 0 Å². The molecule has 2 N–H and O–H groups in total. The molecular weight excluding hydrogens is 274 g/mol. The van der Waals surface area contributed by atoms with Crippen molar-refractivity contribution in [2.75, 3.05) is 5.32 Å². The van der Waals surface area contributed by atoms with Crippen molar-refractivity contribution < 1.29 is 13.6 Å². The summed E-state index contributed by atoms with van der Waals surface area (Å²) in [6.07, 6.45) is 1.67. The first-order valence-electron chi connectivity index (χ1n) is 6.43. The van der Waals surface area contributed by atoms with Gasteiger partial charge in [0.05, 0.1) is 6.42 Å². The zero-order valence-corrected chi connectivity index (χ0v) is 11.0. The van der Waals surface area contributed by atoms with E-state index in [1.807, 2.05) is 18.3 Å². The Hall–Kier alpha value is -2.69. The highest BCUT2D eigenvalue weighted by Gasteiger charge is 2.10. The van der Waals surface area contributed by atoms with Crippen LogP contribution < -0.4 is 5.32 Å². The molecule has 0 atom stereocenters. The van der Waals surface area contributed by atoms with E-state index < -0.39 is 11.6 Å². The first kappa shape index (κ1) is 13.3. The first-order valence-corrected chi connectivity index (χ1v) is 6.43. The van der Waals surface area contributed by atoms with Gasteiger partial charge in [0.1, 0.15) is 11.6 Å². The van der Waals surface area contributed by atoms with E-state index in [1.165, 1.54) is 6.07 Å². The third-order valence-electron chi connectivity index (χ3n) is 3.20. The normalized spacial score (nSPS) is 10.8. The molecule has 0 fully saturated rings. The van der Waals surface area contributed by atoms with Gasteiger partial charge in [0.2, 0.25) is 5.91 Å². The maximum atomic E-state index is 13.5. The summed E-state index contributed by atoms with van der Waals surface area (Å²) in [5.41, 5.74) is 1.69. The fraction of sp³-hybridized carbons (Fsp3) is 0.0625. The molecule has 0 radical (unpaired) electrons. The van der Waals surface area contributed by atoms with Crippen LogP contribution in [0.3, 0.4) is 0 Å². The molecule has 0 aliphatic carbocycles. The summed E-state index contributed by atoms with van der Waals surface area (Å²) in [4.78, 5) is 15.0. The van der Waals surface area contributed by atoms with Gasteiger partial charge in [-0.05, 0) is 35.2 Å². The number of carbonyl (C=O) groups is 1. The maximum Gasteiger partial charge on any atom is 0.228 e. The van der Waals surface area contributed by atoms with Crippen LogP contribution in [0.4, 0.5) is 14.5 Å². The van der Waals surface area contributed by atoms with Gasteiger partial charge in [0, 0.05) is 23.5 Å². The lowest BCUT2D eigenvalue weighted by Gasteiger charge is -2.06. The van der Waals surface area contributed by atoms with Crippen molar-refractivity contribution in [2.24, 2.45) is 0 Å². The van der Waals surface area contributed by atoms with Gasteiger partial charge in [-0.15, -0.1) is 0 Å². The molecule has 21 heavy (non-hydrogen) atoms. The molecule has 0 aliphatic rings. The number of anilines is 1. The van der Waals surface area contributed by atoms with Gasteiger partial charge in [-0.3, -0.25) is 4.79 Å². The van der Waals surface area contributed by atoms with E-state index in [0.717, 1.165) is 23.0 Å². The Labute approximate surface area is 119 Å². The van der Waals surface area contributed by atoms with Crippen LogP contribution in [0.5, 0.6) is 0 Å². The number of aromatic nitrogens is 1. The van der Waals surface area contributed by atoms with Gasteiger partial charge in [-0.25, -0.2) is 8.78 Å². The molecule has 2 aromatic carbocycles. The Bertz CT molecular complexity index is 811. The van der Waals surface area contributed by atoms with E-state index in [1.54, 1.807) is 12.1 Å². The summed E-state index contributed by atoms with van der Waals surface area (Å²) in [6, 6.07) is 10.6. The van der Waals surface area contributed by atoms with Gasteiger partial charge < -0.3 is 10.3 Å². The number of nitrogens with one attached hydrogen (secondary N) is 2. The second-order valence-corrected chi connectivity index (χ2v) is 4.74. The highest BCUT2D eigenvalue weighted by Crippen LogP contribution is 2.18. The molecule has 106 valence electrons. The summed E-state index contributed by atoms with van der Waals surface area (Å²) in [5, 5.41) is 3.73. The molecule has 3 aromatic rings. The molecule has 0 saturated carbocycles. The van der Waals surface area contributed by atoms with Crippen molar-refractivity contribution in [3.05, 3.63) is 65.9 Å². The van der Waals surface area contributed by atoms with Crippen LogP contribution in [-0.4, -0.2) is 10.9 Å². The van der Waals surface area contributed by atoms with Crippen molar-refractivity contribution in [3.63, 3.8) is 0 Å². The van der Waals surface area contributed by atoms with Crippen LogP contribution >= 0.6 is 0 Å². The molecule has 1 aromatic heterocycles. The summed E-state index contributed by atoms with van der Waals surface area (Å²) in [6.45, 7) is 0. The van der Waals surface area contributed by atoms with Crippen molar-refractivity contribution in [2.45, 2.75) is 6.42 Å². The van der Waals surface area contributed by atoms with Crippen LogP contribution in [-0.2, 0) is 11.2 Å². The highest BCUT2D eigenvalue weighted by molar-refractivity contribution is 5.94. The molecule has 5 heteroatoms. The van der Waals surface area contributed by atoms with Crippen molar-refractivity contribution in [1.29, 1.82) is 0 Å². The minimum atomic E-state index is -0.718. The molecule has 0 aliphatic heterocycles. The lowest BCUT2D eigenvalue weighted by atomic mass is 10.1. The number of H-pyrrole nitrogens is 1. The smallest absolute Gasteiger partial charge is 0.228 e. The van der Waals surface area contributed by atoms with E-state index in [0.29, 0.717) is 5.69 Å². The highest BCUT2D eigenvalue weighted by atomic mass is 19.1. The monoisotopic (exact) mass is 286 g/mol. The number of hydrogen-bond donors (Lipinski definition) is 2. The van der Waals surface area contributed by atoms with E-state index in [4.69, 9.17) is 0 Å². The number of amides is 1. The minimum Gasteiger partial charge on any atom is -0.361 e. The Morgan fingerprint density at radius 1 is 1.10 bits per heavy atom. The number of halogens is 2. The average Bonchev–Trinajstić information content (AvgIpc) is 2.89. The Morgan fingerprint density at radius 3 is 2.76 bits per heavy atom. The summed E-state index contributed by atoms with van der Waals surface area (Å²) in [5.74, 6) is -1.73. The van der Waals surface area contributed by atoms with E-state index in [2.05, 4.69) is 10.3 Å². The number of hydrogen-bond acceptors (Lipinski definition) is 1. The van der Waals surface area contributed by atoms with Gasteiger partial charge in [-0.2, -0.15) is 0 Å². The average molecular weight is 286 g/mol. The summed E-state index contributed by atoms with van der Waals surface area (Å²) in [7, 11) is 0.